The standard InChI is InChI=1S/C30H34N2O2.C16H14ClNO.C14H21NO/c1-22(2)34-29-13-6-4-11-27(29)24-14-17-31(18-15-24)21-23-8-7-10-26(20-23)30(33)32-19-16-25-9-3-5-12-28(25)32;17-11-12-4-3-6-14(10-12)16(19)18-9-8-13-5-1-2-7-15(13)18;1-11(2)16-14-6-4-3-5-13(14)12-7-9-15-10-8-12/h3-13,20,22,24H,14-19,21H2,1-2H3;1-7,10H,8-9,11H2;3-6,11-12,15H,7-10H2,1-2H3. The normalized spacial score (nSPS) is 16.0. The average molecular weight is 946 g/mol. The molecule has 6 aromatic carbocycles. The van der Waals surface area contributed by atoms with Gasteiger partial charge in [-0.15, -0.1) is 11.6 Å². The molecule has 0 bridgehead atoms. The molecule has 8 nitrogen and oxygen atoms in total. The second-order valence-electron chi connectivity index (χ2n) is 19.2. The topological polar surface area (TPSA) is 74.4 Å². The molecule has 0 atom stereocenters. The van der Waals surface area contributed by atoms with E-state index >= 15 is 0 Å². The highest BCUT2D eigenvalue weighted by Gasteiger charge is 2.28. The summed E-state index contributed by atoms with van der Waals surface area (Å²) in [7, 11) is 0. The maximum absolute atomic E-state index is 13.3. The number of halogens is 1. The molecule has 360 valence electrons. The number of hydrogen-bond acceptors (Lipinski definition) is 6. The molecule has 0 spiro atoms. The zero-order chi connectivity index (χ0) is 48.1. The monoisotopic (exact) mass is 945 g/mol. The number of nitrogens with zero attached hydrogens (tertiary/aromatic N) is 3. The molecule has 2 amide bonds. The van der Waals surface area contributed by atoms with Crippen molar-refractivity contribution in [3.63, 3.8) is 0 Å². The maximum atomic E-state index is 13.3. The van der Waals surface area contributed by atoms with Gasteiger partial charge in [-0.05, 0) is 186 Å². The Hall–Kier alpha value is -5.93. The number of ether oxygens (including phenoxy) is 2. The number of alkyl halides is 1. The zero-order valence-electron chi connectivity index (χ0n) is 40.9. The summed E-state index contributed by atoms with van der Waals surface area (Å²) in [5.74, 6) is 3.89. The van der Waals surface area contributed by atoms with E-state index in [4.69, 9.17) is 21.1 Å². The fourth-order valence-corrected chi connectivity index (χ4v) is 10.3. The van der Waals surface area contributed by atoms with Crippen molar-refractivity contribution in [1.29, 1.82) is 0 Å². The highest BCUT2D eigenvalue weighted by atomic mass is 35.5. The van der Waals surface area contributed by atoms with Gasteiger partial charge in [0.05, 0.1) is 12.2 Å². The number of benzene rings is 6. The molecular formula is C60H69ClN4O4. The Balaban J connectivity index is 0.000000154. The lowest BCUT2D eigenvalue weighted by molar-refractivity contribution is 0.0981. The molecular weight excluding hydrogens is 876 g/mol. The first-order valence-electron chi connectivity index (χ1n) is 25.1. The Morgan fingerprint density at radius 2 is 1.00 bits per heavy atom. The van der Waals surface area contributed by atoms with Gasteiger partial charge in [-0.3, -0.25) is 14.5 Å². The van der Waals surface area contributed by atoms with Crippen LogP contribution >= 0.6 is 11.6 Å². The van der Waals surface area contributed by atoms with Gasteiger partial charge in [0.25, 0.3) is 11.8 Å². The van der Waals surface area contributed by atoms with E-state index in [2.05, 4.69) is 117 Å². The number of nitrogens with one attached hydrogen (secondary N) is 1. The number of hydrogen-bond donors (Lipinski definition) is 1. The second kappa shape index (κ2) is 24.1. The third-order valence-electron chi connectivity index (χ3n) is 13.5. The Labute approximate surface area is 415 Å². The first-order chi connectivity index (χ1) is 33.6. The molecule has 4 heterocycles. The van der Waals surface area contributed by atoms with Crippen LogP contribution < -0.4 is 24.6 Å². The smallest absolute Gasteiger partial charge is 0.258 e. The quantitative estimate of drug-likeness (QED) is 0.130. The number of carbonyl (C=O) groups excluding carboxylic acids is 2. The molecule has 4 aliphatic rings. The zero-order valence-corrected chi connectivity index (χ0v) is 41.7. The van der Waals surface area contributed by atoms with Crippen molar-refractivity contribution in [3.8, 4) is 11.5 Å². The summed E-state index contributed by atoms with van der Waals surface area (Å²) in [6, 6.07) is 49.0. The predicted molar refractivity (Wildman–Crippen MR) is 283 cm³/mol. The summed E-state index contributed by atoms with van der Waals surface area (Å²) >= 11 is 5.82. The largest absolute Gasteiger partial charge is 0.491 e. The van der Waals surface area contributed by atoms with Gasteiger partial charge in [0.2, 0.25) is 0 Å². The molecule has 6 aromatic rings. The summed E-state index contributed by atoms with van der Waals surface area (Å²) in [6.45, 7) is 15.1. The van der Waals surface area contributed by atoms with Crippen molar-refractivity contribution in [1.82, 2.24) is 10.2 Å². The summed E-state index contributed by atoms with van der Waals surface area (Å²) in [5, 5.41) is 3.40. The van der Waals surface area contributed by atoms with Crippen LogP contribution in [0.3, 0.4) is 0 Å². The average Bonchev–Trinajstić information content (AvgIpc) is 4.02. The molecule has 0 aromatic heterocycles. The predicted octanol–water partition coefficient (Wildman–Crippen LogP) is 12.6. The number of carbonyl (C=O) groups is 2. The Kier molecular flexibility index (Phi) is 17.3. The molecule has 0 aliphatic carbocycles. The van der Waals surface area contributed by atoms with Crippen LogP contribution in [-0.2, 0) is 25.3 Å². The molecule has 0 unspecified atom stereocenters. The lowest BCUT2D eigenvalue weighted by atomic mass is 9.88. The molecule has 0 saturated carbocycles. The van der Waals surface area contributed by atoms with Crippen LogP contribution in [0.2, 0.25) is 0 Å². The summed E-state index contributed by atoms with van der Waals surface area (Å²) in [6.07, 6.45) is 6.99. The number of piperidine rings is 2. The molecule has 0 radical (unpaired) electrons. The van der Waals surface area contributed by atoms with Crippen LogP contribution in [0.25, 0.3) is 0 Å². The van der Waals surface area contributed by atoms with Crippen LogP contribution in [0.4, 0.5) is 11.4 Å². The lowest BCUT2D eigenvalue weighted by Gasteiger charge is -2.33. The van der Waals surface area contributed by atoms with E-state index in [9.17, 15) is 9.59 Å². The fraction of sp³-hybridized carbons (Fsp3) is 0.367. The number of para-hydroxylation sites is 4. The minimum absolute atomic E-state index is 0.0527. The van der Waals surface area contributed by atoms with Crippen molar-refractivity contribution in [2.24, 2.45) is 0 Å². The van der Waals surface area contributed by atoms with Crippen molar-refractivity contribution < 1.29 is 19.1 Å². The third-order valence-corrected chi connectivity index (χ3v) is 13.9. The van der Waals surface area contributed by atoms with Crippen molar-refractivity contribution >= 4 is 34.8 Å². The van der Waals surface area contributed by atoms with E-state index in [-0.39, 0.29) is 24.0 Å². The van der Waals surface area contributed by atoms with Crippen LogP contribution in [0.1, 0.15) is 119 Å². The van der Waals surface area contributed by atoms with Gasteiger partial charge in [-0.1, -0.05) is 97.1 Å². The van der Waals surface area contributed by atoms with E-state index < -0.39 is 0 Å². The van der Waals surface area contributed by atoms with Crippen molar-refractivity contribution in [2.75, 3.05) is 49.1 Å². The Bertz CT molecular complexity index is 2630. The number of rotatable bonds is 11. The SMILES string of the molecule is CC(C)Oc1ccccc1C1CCN(Cc2cccc(C(=O)N3CCc4ccccc43)c2)CC1.CC(C)Oc1ccccc1C1CCNCC1.O=C(c1cccc(CCl)c1)N1CCc2ccccc21. The molecule has 69 heavy (non-hydrogen) atoms. The van der Waals surface area contributed by atoms with Gasteiger partial charge < -0.3 is 24.6 Å². The van der Waals surface area contributed by atoms with Gasteiger partial charge in [-0.25, -0.2) is 0 Å². The third kappa shape index (κ3) is 12.8. The summed E-state index contributed by atoms with van der Waals surface area (Å²) < 4.78 is 11.9. The molecule has 10 rings (SSSR count). The van der Waals surface area contributed by atoms with E-state index in [1.165, 1.54) is 40.7 Å². The highest BCUT2D eigenvalue weighted by molar-refractivity contribution is 6.17. The number of likely N-dealkylation sites (tertiary alicyclic amines) is 1. The van der Waals surface area contributed by atoms with E-state index in [0.29, 0.717) is 23.3 Å². The van der Waals surface area contributed by atoms with Crippen LogP contribution in [0.5, 0.6) is 11.5 Å². The first-order valence-corrected chi connectivity index (χ1v) is 25.7. The van der Waals surface area contributed by atoms with Crippen LogP contribution in [0, 0.1) is 0 Å². The molecule has 9 heteroatoms. The lowest BCUT2D eigenvalue weighted by Crippen LogP contribution is -2.33. The van der Waals surface area contributed by atoms with Crippen LogP contribution in [-0.4, -0.2) is 68.2 Å². The van der Waals surface area contributed by atoms with Crippen molar-refractivity contribution in [2.45, 2.75) is 103 Å². The Morgan fingerprint density at radius 1 is 0.551 bits per heavy atom. The van der Waals surface area contributed by atoms with Gasteiger partial charge in [0.1, 0.15) is 11.5 Å². The van der Waals surface area contributed by atoms with E-state index in [1.807, 2.05) is 76.5 Å². The van der Waals surface area contributed by atoms with E-state index in [1.54, 1.807) is 0 Å². The highest BCUT2D eigenvalue weighted by Crippen LogP contribution is 2.36. The minimum atomic E-state index is 0.0527. The number of fused-ring (bicyclic) bond motifs is 2. The number of anilines is 2. The van der Waals surface area contributed by atoms with Gasteiger partial charge in [0, 0.05) is 48.0 Å². The van der Waals surface area contributed by atoms with E-state index in [0.717, 1.165) is 105 Å². The molecule has 2 fully saturated rings. The van der Waals surface area contributed by atoms with Gasteiger partial charge in [0.15, 0.2) is 0 Å². The van der Waals surface area contributed by atoms with Gasteiger partial charge in [-0.2, -0.15) is 0 Å². The summed E-state index contributed by atoms with van der Waals surface area (Å²) in [4.78, 5) is 32.1. The maximum Gasteiger partial charge on any atom is 0.258 e. The molecule has 2 saturated heterocycles. The Morgan fingerprint density at radius 3 is 1.51 bits per heavy atom. The number of amides is 2. The van der Waals surface area contributed by atoms with Crippen LogP contribution in [0.15, 0.2) is 146 Å². The molecule has 1 N–H and O–H groups in total. The first kappa shape index (κ1) is 49.5. The minimum Gasteiger partial charge on any atom is -0.491 e. The fourth-order valence-electron chi connectivity index (χ4n) is 10.2. The second-order valence-corrected chi connectivity index (χ2v) is 19.5. The molecule has 4 aliphatic heterocycles. The summed E-state index contributed by atoms with van der Waals surface area (Å²) in [5.41, 5.74) is 11.0. The van der Waals surface area contributed by atoms with Gasteiger partial charge >= 0.3 is 0 Å². The van der Waals surface area contributed by atoms with Crippen molar-refractivity contribution in [3.05, 3.63) is 190 Å².